The zero-order valence-electron chi connectivity index (χ0n) is 13.1. The van der Waals surface area contributed by atoms with E-state index in [9.17, 15) is 4.79 Å². The average molecular weight is 282 g/mol. The minimum Gasteiger partial charge on any atom is -0.380 e. The highest BCUT2D eigenvalue weighted by Gasteiger charge is 2.06. The van der Waals surface area contributed by atoms with Crippen molar-refractivity contribution in [2.75, 3.05) is 10.6 Å². The van der Waals surface area contributed by atoms with Crippen LogP contribution in [0.15, 0.2) is 36.4 Å². The summed E-state index contributed by atoms with van der Waals surface area (Å²) in [4.78, 5) is 11.3. The van der Waals surface area contributed by atoms with Crippen LogP contribution in [0.4, 0.5) is 11.4 Å². The fourth-order valence-electron chi connectivity index (χ4n) is 2.63. The highest BCUT2D eigenvalue weighted by molar-refractivity contribution is 5.89. The summed E-state index contributed by atoms with van der Waals surface area (Å²) < 4.78 is 0. The van der Waals surface area contributed by atoms with Crippen LogP contribution in [0, 0.1) is 20.8 Å². The van der Waals surface area contributed by atoms with E-state index in [1.165, 1.54) is 29.3 Å². The Balaban J connectivity index is 2.19. The van der Waals surface area contributed by atoms with Crippen molar-refractivity contribution >= 4 is 17.3 Å². The lowest BCUT2D eigenvalue weighted by Gasteiger charge is -2.16. The van der Waals surface area contributed by atoms with Crippen LogP contribution in [0.2, 0.25) is 0 Å². The van der Waals surface area contributed by atoms with Crippen molar-refractivity contribution < 1.29 is 4.79 Å². The first-order chi connectivity index (χ1) is 9.97. The predicted molar refractivity (Wildman–Crippen MR) is 88.7 cm³/mol. The van der Waals surface area contributed by atoms with E-state index in [0.717, 1.165) is 11.3 Å². The lowest BCUT2D eigenvalue weighted by Crippen LogP contribution is -2.10. The van der Waals surface area contributed by atoms with E-state index in [-0.39, 0.29) is 5.91 Å². The Morgan fingerprint density at radius 2 is 1.67 bits per heavy atom. The van der Waals surface area contributed by atoms with E-state index in [1.54, 1.807) is 0 Å². The molecule has 2 rings (SSSR count). The third-order valence-corrected chi connectivity index (χ3v) is 3.46. The van der Waals surface area contributed by atoms with Crippen LogP contribution in [0.25, 0.3) is 0 Å². The molecular weight excluding hydrogens is 260 g/mol. The lowest BCUT2D eigenvalue weighted by atomic mass is 10.0. The quantitative estimate of drug-likeness (QED) is 0.883. The van der Waals surface area contributed by atoms with Crippen LogP contribution < -0.4 is 10.6 Å². The Bertz CT molecular complexity index is 639. The summed E-state index contributed by atoms with van der Waals surface area (Å²) in [6, 6.07) is 12.2. The molecule has 0 aliphatic rings. The van der Waals surface area contributed by atoms with E-state index in [2.05, 4.69) is 43.5 Å². The molecule has 0 radical (unpaired) electrons. The molecule has 0 saturated carbocycles. The maximum Gasteiger partial charge on any atom is 0.221 e. The molecule has 3 nitrogen and oxygen atoms in total. The molecule has 0 aliphatic carbocycles. The van der Waals surface area contributed by atoms with Crippen LogP contribution >= 0.6 is 0 Å². The number of rotatable bonds is 4. The summed E-state index contributed by atoms with van der Waals surface area (Å²) in [5, 5.41) is 6.36. The molecule has 2 aromatic carbocycles. The SMILES string of the molecule is CC(=O)Nc1ccccc1CNc1c(C)cc(C)cc1C. The smallest absolute Gasteiger partial charge is 0.221 e. The molecule has 0 atom stereocenters. The fourth-order valence-corrected chi connectivity index (χ4v) is 2.63. The van der Waals surface area contributed by atoms with E-state index in [4.69, 9.17) is 0 Å². The van der Waals surface area contributed by atoms with Crippen LogP contribution in [0.3, 0.4) is 0 Å². The number of nitrogens with one attached hydrogen (secondary N) is 2. The lowest BCUT2D eigenvalue weighted by molar-refractivity contribution is -0.114. The van der Waals surface area contributed by atoms with Gasteiger partial charge in [-0.25, -0.2) is 0 Å². The number of benzene rings is 2. The second-order valence-corrected chi connectivity index (χ2v) is 5.47. The van der Waals surface area contributed by atoms with Gasteiger partial charge in [-0.3, -0.25) is 4.79 Å². The summed E-state index contributed by atoms with van der Waals surface area (Å²) in [6.45, 7) is 8.54. The molecule has 2 N–H and O–H groups in total. The minimum absolute atomic E-state index is 0.0508. The van der Waals surface area contributed by atoms with Crippen LogP contribution in [0.5, 0.6) is 0 Å². The first-order valence-corrected chi connectivity index (χ1v) is 7.14. The number of hydrogen-bond donors (Lipinski definition) is 2. The van der Waals surface area contributed by atoms with E-state index in [0.29, 0.717) is 6.54 Å². The Labute approximate surface area is 126 Å². The topological polar surface area (TPSA) is 41.1 Å². The summed E-state index contributed by atoms with van der Waals surface area (Å²) in [6.07, 6.45) is 0. The zero-order chi connectivity index (χ0) is 15.4. The van der Waals surface area contributed by atoms with E-state index < -0.39 is 0 Å². The molecule has 110 valence electrons. The van der Waals surface area contributed by atoms with Crippen molar-refractivity contribution in [3.8, 4) is 0 Å². The van der Waals surface area contributed by atoms with Crippen molar-refractivity contribution in [3.05, 3.63) is 58.7 Å². The molecule has 0 aromatic heterocycles. The van der Waals surface area contributed by atoms with Crippen molar-refractivity contribution in [2.24, 2.45) is 0 Å². The molecule has 0 unspecified atom stereocenters. The molecule has 0 aliphatic heterocycles. The van der Waals surface area contributed by atoms with Crippen LogP contribution in [-0.4, -0.2) is 5.91 Å². The molecule has 0 heterocycles. The molecule has 2 aromatic rings. The molecule has 1 amide bonds. The molecule has 0 bridgehead atoms. The first-order valence-electron chi connectivity index (χ1n) is 7.14. The molecular formula is C18H22N2O. The van der Waals surface area contributed by atoms with Gasteiger partial charge in [0, 0.05) is 24.8 Å². The van der Waals surface area contributed by atoms with Crippen LogP contribution in [-0.2, 0) is 11.3 Å². The van der Waals surface area contributed by atoms with Gasteiger partial charge in [0.25, 0.3) is 0 Å². The van der Waals surface area contributed by atoms with Gasteiger partial charge in [-0.05, 0) is 43.5 Å². The van der Waals surface area contributed by atoms with Crippen molar-refractivity contribution in [2.45, 2.75) is 34.2 Å². The number of amides is 1. The van der Waals surface area contributed by atoms with Gasteiger partial charge in [0.2, 0.25) is 5.91 Å². The third kappa shape index (κ3) is 3.85. The summed E-state index contributed by atoms with van der Waals surface area (Å²) in [5.41, 5.74) is 6.86. The molecule has 3 heteroatoms. The van der Waals surface area contributed by atoms with Gasteiger partial charge in [-0.15, -0.1) is 0 Å². The van der Waals surface area contributed by atoms with Gasteiger partial charge in [0.05, 0.1) is 0 Å². The monoisotopic (exact) mass is 282 g/mol. The summed E-state index contributed by atoms with van der Waals surface area (Å²) >= 11 is 0. The number of aryl methyl sites for hydroxylation is 3. The van der Waals surface area contributed by atoms with Gasteiger partial charge in [0.15, 0.2) is 0 Å². The maximum atomic E-state index is 11.3. The number of carbonyl (C=O) groups is 1. The summed E-state index contributed by atoms with van der Waals surface area (Å²) in [5.74, 6) is -0.0508. The summed E-state index contributed by atoms with van der Waals surface area (Å²) in [7, 11) is 0. The van der Waals surface area contributed by atoms with E-state index >= 15 is 0 Å². The Morgan fingerprint density at radius 1 is 1.05 bits per heavy atom. The standard InChI is InChI=1S/C18H22N2O/c1-12-9-13(2)18(14(3)10-12)19-11-16-7-5-6-8-17(16)20-15(4)21/h5-10,19H,11H2,1-4H3,(H,20,21). The molecule has 0 saturated heterocycles. The van der Waals surface area contributed by atoms with Gasteiger partial charge in [-0.1, -0.05) is 35.9 Å². The third-order valence-electron chi connectivity index (χ3n) is 3.46. The number of hydrogen-bond acceptors (Lipinski definition) is 2. The fraction of sp³-hybridized carbons (Fsp3) is 0.278. The van der Waals surface area contributed by atoms with Crippen molar-refractivity contribution in [3.63, 3.8) is 0 Å². The molecule has 0 fully saturated rings. The number of carbonyl (C=O) groups excluding carboxylic acids is 1. The minimum atomic E-state index is -0.0508. The average Bonchev–Trinajstić information content (AvgIpc) is 2.38. The van der Waals surface area contributed by atoms with Gasteiger partial charge >= 0.3 is 0 Å². The van der Waals surface area contributed by atoms with Crippen molar-refractivity contribution in [1.29, 1.82) is 0 Å². The van der Waals surface area contributed by atoms with Gasteiger partial charge in [-0.2, -0.15) is 0 Å². The molecule has 21 heavy (non-hydrogen) atoms. The highest BCUT2D eigenvalue weighted by atomic mass is 16.1. The highest BCUT2D eigenvalue weighted by Crippen LogP contribution is 2.24. The second-order valence-electron chi connectivity index (χ2n) is 5.47. The Kier molecular flexibility index (Phi) is 4.63. The van der Waals surface area contributed by atoms with E-state index in [1.807, 2.05) is 24.3 Å². The number of anilines is 2. The Morgan fingerprint density at radius 3 is 2.29 bits per heavy atom. The number of para-hydroxylation sites is 1. The largest absolute Gasteiger partial charge is 0.380 e. The Hall–Kier alpha value is -2.29. The molecule has 0 spiro atoms. The predicted octanol–water partition coefficient (Wildman–Crippen LogP) is 4.18. The maximum absolute atomic E-state index is 11.3. The van der Waals surface area contributed by atoms with Crippen molar-refractivity contribution in [1.82, 2.24) is 0 Å². The van der Waals surface area contributed by atoms with Gasteiger partial charge in [0.1, 0.15) is 0 Å². The van der Waals surface area contributed by atoms with Crippen LogP contribution in [0.1, 0.15) is 29.2 Å². The second kappa shape index (κ2) is 6.44. The first kappa shape index (κ1) is 15.1. The van der Waals surface area contributed by atoms with Gasteiger partial charge < -0.3 is 10.6 Å². The zero-order valence-corrected chi connectivity index (χ0v) is 13.1. The normalized spacial score (nSPS) is 10.3.